The number of methoxy groups -OCH3 is 1. The number of hydrogen-bond donors (Lipinski definition) is 1. The second kappa shape index (κ2) is 9.21. The van der Waals surface area contributed by atoms with Crippen molar-refractivity contribution in [3.8, 4) is 11.5 Å². The van der Waals surface area contributed by atoms with E-state index in [0.717, 1.165) is 34.6 Å². The molecule has 20 heavy (non-hydrogen) atoms. The number of halogens is 1. The number of rotatable bonds is 9. The number of nitrogens with one attached hydrogen (secondary N) is 1. The van der Waals surface area contributed by atoms with Crippen molar-refractivity contribution in [2.24, 2.45) is 0 Å². The second-order valence-corrected chi connectivity index (χ2v) is 5.51. The largest absolute Gasteiger partial charge is 0.493 e. The highest BCUT2D eigenvalue weighted by Gasteiger charge is 2.11. The van der Waals surface area contributed by atoms with Crippen molar-refractivity contribution in [3.05, 3.63) is 22.2 Å². The van der Waals surface area contributed by atoms with Crippen molar-refractivity contribution in [2.75, 3.05) is 26.9 Å². The smallest absolute Gasteiger partial charge is 0.175 e. The molecule has 0 radical (unpaired) electrons. The van der Waals surface area contributed by atoms with Crippen molar-refractivity contribution < 1.29 is 14.2 Å². The Bertz CT molecular complexity index is 410. The van der Waals surface area contributed by atoms with Crippen LogP contribution in [0.4, 0.5) is 0 Å². The van der Waals surface area contributed by atoms with E-state index in [9.17, 15) is 0 Å². The zero-order valence-corrected chi connectivity index (χ0v) is 14.2. The molecule has 0 amide bonds. The molecule has 0 spiro atoms. The van der Waals surface area contributed by atoms with Crippen LogP contribution in [0.2, 0.25) is 0 Å². The molecule has 0 heterocycles. The van der Waals surface area contributed by atoms with Crippen LogP contribution in [0.25, 0.3) is 0 Å². The summed E-state index contributed by atoms with van der Waals surface area (Å²) >= 11 is 3.54. The molecular formula is C15H24BrNO3. The minimum Gasteiger partial charge on any atom is -0.493 e. The molecule has 114 valence electrons. The molecule has 0 fully saturated rings. The Balaban J connectivity index is 2.69. The van der Waals surface area contributed by atoms with E-state index >= 15 is 0 Å². The molecule has 0 aliphatic heterocycles. The summed E-state index contributed by atoms with van der Waals surface area (Å²) in [7, 11) is 1.65. The molecule has 0 aliphatic rings. The Morgan fingerprint density at radius 3 is 2.60 bits per heavy atom. The van der Waals surface area contributed by atoms with Crippen molar-refractivity contribution in [3.63, 3.8) is 0 Å². The fourth-order valence-corrected chi connectivity index (χ4v) is 2.32. The third-order valence-electron chi connectivity index (χ3n) is 2.65. The summed E-state index contributed by atoms with van der Waals surface area (Å²) in [5.74, 6) is 1.46. The van der Waals surface area contributed by atoms with Gasteiger partial charge in [0.1, 0.15) is 6.61 Å². The fourth-order valence-electron chi connectivity index (χ4n) is 1.71. The van der Waals surface area contributed by atoms with Crippen LogP contribution in [0.15, 0.2) is 16.6 Å². The maximum atomic E-state index is 5.75. The Labute approximate surface area is 129 Å². The maximum absolute atomic E-state index is 5.75. The quantitative estimate of drug-likeness (QED) is 0.696. The molecule has 5 heteroatoms. The number of benzene rings is 1. The fraction of sp³-hybridized carbons (Fsp3) is 0.600. The average Bonchev–Trinajstić information content (AvgIpc) is 2.42. The number of hydrogen-bond acceptors (Lipinski definition) is 4. The third kappa shape index (κ3) is 5.69. The summed E-state index contributed by atoms with van der Waals surface area (Å²) in [6.07, 6.45) is 0.214. The molecule has 1 aromatic carbocycles. The second-order valence-electron chi connectivity index (χ2n) is 4.66. The molecule has 0 saturated heterocycles. The molecule has 1 N–H and O–H groups in total. The summed E-state index contributed by atoms with van der Waals surface area (Å²) in [4.78, 5) is 0. The van der Waals surface area contributed by atoms with Gasteiger partial charge in [-0.1, -0.05) is 6.92 Å². The predicted octanol–water partition coefficient (Wildman–Crippen LogP) is 3.37. The summed E-state index contributed by atoms with van der Waals surface area (Å²) in [5.41, 5.74) is 1.15. The van der Waals surface area contributed by atoms with Crippen LogP contribution in [0, 0.1) is 0 Å². The maximum Gasteiger partial charge on any atom is 0.175 e. The SMILES string of the molecule is CCNCc1cc(Br)c(OCCOC(C)C)c(OC)c1. The molecule has 0 aliphatic carbocycles. The molecule has 1 rings (SSSR count). The monoisotopic (exact) mass is 345 g/mol. The van der Waals surface area contributed by atoms with Crippen LogP contribution in [0.1, 0.15) is 26.3 Å². The topological polar surface area (TPSA) is 39.7 Å². The standard InChI is InChI=1S/C15H24BrNO3/c1-5-17-10-12-8-13(16)15(14(9-12)18-4)20-7-6-19-11(2)3/h8-9,11,17H,5-7,10H2,1-4H3. The highest BCUT2D eigenvalue weighted by Crippen LogP contribution is 2.36. The number of ether oxygens (including phenoxy) is 3. The van der Waals surface area contributed by atoms with Crippen LogP contribution in [0.3, 0.4) is 0 Å². The molecule has 0 bridgehead atoms. The van der Waals surface area contributed by atoms with E-state index in [0.29, 0.717) is 13.2 Å². The third-order valence-corrected chi connectivity index (χ3v) is 3.24. The molecule has 0 atom stereocenters. The first kappa shape index (κ1) is 17.3. The van der Waals surface area contributed by atoms with Gasteiger partial charge in [-0.25, -0.2) is 0 Å². The lowest BCUT2D eigenvalue weighted by Crippen LogP contribution is -2.13. The van der Waals surface area contributed by atoms with Gasteiger partial charge in [-0.15, -0.1) is 0 Å². The van der Waals surface area contributed by atoms with E-state index < -0.39 is 0 Å². The van der Waals surface area contributed by atoms with Crippen molar-refractivity contribution in [1.29, 1.82) is 0 Å². The highest BCUT2D eigenvalue weighted by molar-refractivity contribution is 9.10. The van der Waals surface area contributed by atoms with Gasteiger partial charge in [0.2, 0.25) is 0 Å². The molecule has 0 saturated carbocycles. The van der Waals surface area contributed by atoms with Crippen LogP contribution in [-0.4, -0.2) is 33.0 Å². The van der Waals surface area contributed by atoms with E-state index in [1.54, 1.807) is 7.11 Å². The van der Waals surface area contributed by atoms with Gasteiger partial charge < -0.3 is 19.5 Å². The minimum atomic E-state index is 0.214. The van der Waals surface area contributed by atoms with Crippen molar-refractivity contribution in [2.45, 2.75) is 33.4 Å². The van der Waals surface area contributed by atoms with Gasteiger partial charge in [0.25, 0.3) is 0 Å². The van der Waals surface area contributed by atoms with Crippen LogP contribution < -0.4 is 14.8 Å². The van der Waals surface area contributed by atoms with Gasteiger partial charge in [-0.2, -0.15) is 0 Å². The predicted molar refractivity (Wildman–Crippen MR) is 84.7 cm³/mol. The summed E-state index contributed by atoms with van der Waals surface area (Å²) < 4.78 is 17.5. The molecular weight excluding hydrogens is 322 g/mol. The Hall–Kier alpha value is -0.780. The lowest BCUT2D eigenvalue weighted by molar-refractivity contribution is 0.0545. The van der Waals surface area contributed by atoms with E-state index in [-0.39, 0.29) is 6.10 Å². The van der Waals surface area contributed by atoms with E-state index in [4.69, 9.17) is 14.2 Å². The lowest BCUT2D eigenvalue weighted by atomic mass is 10.2. The van der Waals surface area contributed by atoms with Gasteiger partial charge in [0.15, 0.2) is 11.5 Å². The average molecular weight is 346 g/mol. The van der Waals surface area contributed by atoms with Gasteiger partial charge in [0, 0.05) is 6.54 Å². The van der Waals surface area contributed by atoms with Crippen molar-refractivity contribution in [1.82, 2.24) is 5.32 Å². The zero-order valence-electron chi connectivity index (χ0n) is 12.7. The molecule has 0 aromatic heterocycles. The molecule has 1 aromatic rings. The van der Waals surface area contributed by atoms with Crippen LogP contribution in [-0.2, 0) is 11.3 Å². The molecule has 4 nitrogen and oxygen atoms in total. The summed E-state index contributed by atoms with van der Waals surface area (Å²) in [6, 6.07) is 4.04. The lowest BCUT2D eigenvalue weighted by Gasteiger charge is -2.15. The van der Waals surface area contributed by atoms with E-state index in [1.807, 2.05) is 26.0 Å². The Morgan fingerprint density at radius 1 is 1.25 bits per heavy atom. The van der Waals surface area contributed by atoms with E-state index in [1.165, 1.54) is 0 Å². The Morgan fingerprint density at radius 2 is 2.00 bits per heavy atom. The zero-order chi connectivity index (χ0) is 15.0. The minimum absolute atomic E-state index is 0.214. The summed E-state index contributed by atoms with van der Waals surface area (Å²) in [6.45, 7) is 8.90. The molecule has 0 unspecified atom stereocenters. The first-order chi connectivity index (χ1) is 9.58. The van der Waals surface area contributed by atoms with Gasteiger partial charge in [-0.3, -0.25) is 0 Å². The van der Waals surface area contributed by atoms with E-state index in [2.05, 4.69) is 28.2 Å². The van der Waals surface area contributed by atoms with Gasteiger partial charge in [-0.05, 0) is 54.0 Å². The van der Waals surface area contributed by atoms with Crippen molar-refractivity contribution >= 4 is 15.9 Å². The Kier molecular flexibility index (Phi) is 7.95. The van der Waals surface area contributed by atoms with Crippen LogP contribution in [0.5, 0.6) is 11.5 Å². The first-order valence-corrected chi connectivity index (χ1v) is 7.69. The highest BCUT2D eigenvalue weighted by atomic mass is 79.9. The van der Waals surface area contributed by atoms with Gasteiger partial charge in [0.05, 0.1) is 24.3 Å². The summed E-state index contributed by atoms with van der Waals surface area (Å²) in [5, 5.41) is 3.29. The first-order valence-electron chi connectivity index (χ1n) is 6.90. The van der Waals surface area contributed by atoms with Gasteiger partial charge >= 0.3 is 0 Å². The van der Waals surface area contributed by atoms with Crippen LogP contribution >= 0.6 is 15.9 Å². The normalized spacial score (nSPS) is 10.9.